The molecule has 2 aromatic carbocycles. The van der Waals surface area contributed by atoms with Crippen LogP contribution in [-0.4, -0.2) is 9.55 Å². The molecule has 3 rings (SSSR count). The van der Waals surface area contributed by atoms with Crippen LogP contribution >= 0.6 is 0 Å². The van der Waals surface area contributed by atoms with E-state index < -0.39 is 0 Å². The van der Waals surface area contributed by atoms with E-state index in [-0.39, 0.29) is 0 Å². The number of nitrogens with zero attached hydrogens (tertiary/aromatic N) is 5. The molecule has 1 aromatic heterocycles. The van der Waals surface area contributed by atoms with Gasteiger partial charge in [0.1, 0.15) is 0 Å². The Hall–Kier alpha value is -2.78. The molecule has 0 amide bonds. The van der Waals surface area contributed by atoms with Crippen molar-refractivity contribution in [3.63, 3.8) is 0 Å². The maximum absolute atomic E-state index is 8.44. The molecule has 0 N–H and O–H groups in total. The number of aromatic nitrogens is 2. The van der Waals surface area contributed by atoms with E-state index >= 15 is 0 Å². The van der Waals surface area contributed by atoms with E-state index in [2.05, 4.69) is 31.7 Å². The third-order valence-corrected chi connectivity index (χ3v) is 3.25. The van der Waals surface area contributed by atoms with Crippen molar-refractivity contribution in [1.29, 1.82) is 0 Å². The average Bonchev–Trinajstić information content (AvgIpc) is 2.89. The third-order valence-electron chi connectivity index (χ3n) is 3.25. The predicted molar refractivity (Wildman–Crippen MR) is 78.7 cm³/mol. The smallest absolute Gasteiger partial charge is 0.0958 e. The Morgan fingerprint density at radius 2 is 2.00 bits per heavy atom. The first-order chi connectivity index (χ1) is 9.86. The number of rotatable bonds is 4. The molecule has 0 spiro atoms. The molecule has 0 saturated carbocycles. The molecule has 0 aliphatic heterocycles. The summed E-state index contributed by atoms with van der Waals surface area (Å²) in [6.45, 7) is 0.876. The summed E-state index contributed by atoms with van der Waals surface area (Å²) >= 11 is 0. The summed E-state index contributed by atoms with van der Waals surface area (Å²) in [6, 6.07) is 15.9. The molecule has 5 nitrogen and oxygen atoms in total. The minimum atomic E-state index is 0.591. The second kappa shape index (κ2) is 5.47. The quantitative estimate of drug-likeness (QED) is 0.394. The highest BCUT2D eigenvalue weighted by atomic mass is 15.1. The molecule has 0 unspecified atom stereocenters. The van der Waals surface area contributed by atoms with Crippen LogP contribution in [-0.2, 0) is 13.0 Å². The first-order valence-corrected chi connectivity index (χ1v) is 6.41. The average molecular weight is 263 g/mol. The van der Waals surface area contributed by atoms with E-state index in [0.29, 0.717) is 5.69 Å². The van der Waals surface area contributed by atoms with Crippen molar-refractivity contribution in [3.05, 3.63) is 70.9 Å². The molecule has 1 heterocycles. The van der Waals surface area contributed by atoms with Crippen molar-refractivity contribution in [2.45, 2.75) is 13.0 Å². The number of hydrogen-bond acceptors (Lipinski definition) is 2. The van der Waals surface area contributed by atoms with Gasteiger partial charge in [0, 0.05) is 17.1 Å². The molecule has 3 aromatic rings. The second-order valence-corrected chi connectivity index (χ2v) is 4.54. The summed E-state index contributed by atoms with van der Waals surface area (Å²) in [4.78, 5) is 7.14. The Bertz CT molecular complexity index is 769. The van der Waals surface area contributed by atoms with Gasteiger partial charge in [0.05, 0.1) is 17.4 Å². The maximum Gasteiger partial charge on any atom is 0.0958 e. The SMILES string of the molecule is [N-]=[N+]=Nc1ccc2c(c1)ncn2CCc1ccccc1. The third kappa shape index (κ3) is 2.48. The van der Waals surface area contributed by atoms with Gasteiger partial charge in [0.2, 0.25) is 0 Å². The number of fused-ring (bicyclic) bond motifs is 1. The Morgan fingerprint density at radius 3 is 2.80 bits per heavy atom. The Labute approximate surface area is 116 Å². The van der Waals surface area contributed by atoms with Gasteiger partial charge in [-0.15, -0.1) is 0 Å². The van der Waals surface area contributed by atoms with Crippen LogP contribution in [0.1, 0.15) is 5.56 Å². The Balaban J connectivity index is 1.84. The Morgan fingerprint density at radius 1 is 1.15 bits per heavy atom. The van der Waals surface area contributed by atoms with Crippen molar-refractivity contribution >= 4 is 16.7 Å². The van der Waals surface area contributed by atoms with E-state index in [1.54, 1.807) is 6.07 Å². The minimum Gasteiger partial charge on any atom is -0.330 e. The molecule has 0 bridgehead atoms. The fraction of sp³-hybridized carbons (Fsp3) is 0.133. The molecule has 0 fully saturated rings. The summed E-state index contributed by atoms with van der Waals surface area (Å²) in [7, 11) is 0. The lowest BCUT2D eigenvalue weighted by Gasteiger charge is -2.04. The van der Waals surface area contributed by atoms with E-state index in [1.807, 2.05) is 36.7 Å². The lowest BCUT2D eigenvalue weighted by molar-refractivity contribution is 0.716. The van der Waals surface area contributed by atoms with Crippen molar-refractivity contribution in [2.24, 2.45) is 5.11 Å². The summed E-state index contributed by atoms with van der Waals surface area (Å²) in [5.41, 5.74) is 12.2. The van der Waals surface area contributed by atoms with Crippen LogP contribution in [0.5, 0.6) is 0 Å². The molecule has 0 atom stereocenters. The van der Waals surface area contributed by atoms with Crippen molar-refractivity contribution in [3.8, 4) is 0 Å². The zero-order valence-corrected chi connectivity index (χ0v) is 10.8. The number of imidazole rings is 1. The minimum absolute atomic E-state index is 0.591. The fourth-order valence-corrected chi connectivity index (χ4v) is 2.24. The van der Waals surface area contributed by atoms with Crippen molar-refractivity contribution in [2.75, 3.05) is 0 Å². The van der Waals surface area contributed by atoms with Gasteiger partial charge in [0.25, 0.3) is 0 Å². The topological polar surface area (TPSA) is 66.6 Å². The lowest BCUT2D eigenvalue weighted by atomic mass is 10.1. The predicted octanol–water partition coefficient (Wildman–Crippen LogP) is 4.22. The van der Waals surface area contributed by atoms with Gasteiger partial charge in [-0.05, 0) is 29.6 Å². The summed E-state index contributed by atoms with van der Waals surface area (Å²) in [5, 5.41) is 3.59. The van der Waals surface area contributed by atoms with Gasteiger partial charge in [-0.2, -0.15) is 0 Å². The zero-order chi connectivity index (χ0) is 13.8. The van der Waals surface area contributed by atoms with Gasteiger partial charge in [-0.1, -0.05) is 41.5 Å². The number of azide groups is 1. The summed E-state index contributed by atoms with van der Waals surface area (Å²) in [5.74, 6) is 0. The highest BCUT2D eigenvalue weighted by Crippen LogP contribution is 2.20. The van der Waals surface area contributed by atoms with E-state index in [9.17, 15) is 0 Å². The normalized spacial score (nSPS) is 10.4. The highest BCUT2D eigenvalue weighted by molar-refractivity contribution is 5.78. The van der Waals surface area contributed by atoms with Gasteiger partial charge in [0.15, 0.2) is 0 Å². The van der Waals surface area contributed by atoms with Crippen molar-refractivity contribution < 1.29 is 0 Å². The fourth-order valence-electron chi connectivity index (χ4n) is 2.24. The molecular weight excluding hydrogens is 250 g/mol. The van der Waals surface area contributed by atoms with E-state index in [1.165, 1.54) is 5.56 Å². The molecule has 5 heteroatoms. The van der Waals surface area contributed by atoms with Crippen LogP contribution in [0.3, 0.4) is 0 Å². The van der Waals surface area contributed by atoms with Crippen LogP contribution in [0.25, 0.3) is 21.5 Å². The van der Waals surface area contributed by atoms with Crippen molar-refractivity contribution in [1.82, 2.24) is 9.55 Å². The molecule has 0 aliphatic carbocycles. The standard InChI is InChI=1S/C15H13N5/c16-19-18-13-6-7-15-14(10-13)17-11-20(15)9-8-12-4-2-1-3-5-12/h1-7,10-11H,8-9H2. The van der Waals surface area contributed by atoms with E-state index in [4.69, 9.17) is 5.53 Å². The first kappa shape index (κ1) is 12.3. The molecule has 0 aliphatic rings. The lowest BCUT2D eigenvalue weighted by Crippen LogP contribution is -1.99. The summed E-state index contributed by atoms with van der Waals surface area (Å²) in [6.07, 6.45) is 2.79. The number of hydrogen-bond donors (Lipinski definition) is 0. The van der Waals surface area contributed by atoms with Crippen LogP contribution in [0.4, 0.5) is 5.69 Å². The van der Waals surface area contributed by atoms with E-state index in [0.717, 1.165) is 24.0 Å². The number of aryl methyl sites for hydroxylation is 2. The summed E-state index contributed by atoms with van der Waals surface area (Å²) < 4.78 is 2.11. The van der Waals surface area contributed by atoms with Gasteiger partial charge in [-0.3, -0.25) is 0 Å². The van der Waals surface area contributed by atoms with Crippen LogP contribution < -0.4 is 0 Å². The molecule has 20 heavy (non-hydrogen) atoms. The molecule has 98 valence electrons. The zero-order valence-electron chi connectivity index (χ0n) is 10.8. The monoisotopic (exact) mass is 263 g/mol. The van der Waals surface area contributed by atoms with Gasteiger partial charge >= 0.3 is 0 Å². The molecule has 0 radical (unpaired) electrons. The molecule has 0 saturated heterocycles. The second-order valence-electron chi connectivity index (χ2n) is 4.54. The largest absolute Gasteiger partial charge is 0.330 e. The van der Waals surface area contributed by atoms with Crippen LogP contribution in [0, 0.1) is 0 Å². The highest BCUT2D eigenvalue weighted by Gasteiger charge is 2.03. The van der Waals surface area contributed by atoms with Crippen LogP contribution in [0.15, 0.2) is 60.0 Å². The molecular formula is C15H13N5. The first-order valence-electron chi connectivity index (χ1n) is 6.41. The van der Waals surface area contributed by atoms with Gasteiger partial charge in [-0.25, -0.2) is 4.98 Å². The Kier molecular flexibility index (Phi) is 3.35. The van der Waals surface area contributed by atoms with Crippen LogP contribution in [0.2, 0.25) is 0 Å². The van der Waals surface area contributed by atoms with Gasteiger partial charge < -0.3 is 4.57 Å². The maximum atomic E-state index is 8.44. The number of benzene rings is 2.